The van der Waals surface area contributed by atoms with Crippen LogP contribution in [0.15, 0.2) is 211 Å². The van der Waals surface area contributed by atoms with E-state index in [1.54, 1.807) is 0 Å². The Hall–Kier alpha value is -7.36. The van der Waals surface area contributed by atoms with Gasteiger partial charge < -0.3 is 13.9 Å². The van der Waals surface area contributed by atoms with Crippen LogP contribution in [0.5, 0.6) is 0 Å². The average Bonchev–Trinajstić information content (AvgIpc) is 3.80. The van der Waals surface area contributed by atoms with Crippen LogP contribution in [0.2, 0.25) is 0 Å². The Bertz CT molecular complexity index is 3170. The summed E-state index contributed by atoms with van der Waals surface area (Å²) in [5.41, 5.74) is 13.1. The molecule has 0 saturated carbocycles. The van der Waals surface area contributed by atoms with Gasteiger partial charge in [-0.1, -0.05) is 158 Å². The van der Waals surface area contributed by atoms with Crippen molar-refractivity contribution in [1.29, 1.82) is 0 Å². The molecule has 3 nitrogen and oxygen atoms in total. The molecule has 0 radical (unpaired) electrons. The van der Waals surface area contributed by atoms with Crippen LogP contribution in [0, 0.1) is 0 Å². The fourth-order valence-electron chi connectivity index (χ4n) is 8.58. The fraction of sp³-hybridized carbons (Fsp3) is 0. The molecular weight excluding hydrogens is 669 g/mol. The zero-order chi connectivity index (χ0) is 36.3. The number of nitrogens with zero attached hydrogens (tertiary/aromatic N) is 2. The molecule has 0 bridgehead atoms. The van der Waals surface area contributed by atoms with E-state index in [1.165, 1.54) is 38.2 Å². The van der Waals surface area contributed by atoms with Crippen molar-refractivity contribution in [2.24, 2.45) is 0 Å². The molecule has 55 heavy (non-hydrogen) atoms. The number of hydrogen-bond acceptors (Lipinski definition) is 2. The third-order valence-corrected chi connectivity index (χ3v) is 11.0. The van der Waals surface area contributed by atoms with Gasteiger partial charge in [0.25, 0.3) is 0 Å². The Morgan fingerprint density at radius 3 is 1.76 bits per heavy atom. The molecule has 258 valence electrons. The van der Waals surface area contributed by atoms with Crippen molar-refractivity contribution >= 4 is 71.6 Å². The summed E-state index contributed by atoms with van der Waals surface area (Å²) >= 11 is 0. The van der Waals surface area contributed by atoms with Gasteiger partial charge in [0, 0.05) is 49.9 Å². The predicted molar refractivity (Wildman–Crippen MR) is 231 cm³/mol. The van der Waals surface area contributed by atoms with Gasteiger partial charge in [-0.15, -0.1) is 0 Å². The Morgan fingerprint density at radius 1 is 0.400 bits per heavy atom. The molecule has 0 saturated heterocycles. The van der Waals surface area contributed by atoms with Crippen molar-refractivity contribution in [3.63, 3.8) is 0 Å². The maximum Gasteiger partial charge on any atom is 0.138 e. The summed E-state index contributed by atoms with van der Waals surface area (Å²) in [6.45, 7) is 0. The van der Waals surface area contributed by atoms with E-state index in [0.29, 0.717) is 0 Å². The van der Waals surface area contributed by atoms with Crippen LogP contribution in [-0.2, 0) is 0 Å². The van der Waals surface area contributed by atoms with E-state index in [1.807, 2.05) is 0 Å². The molecule has 11 aromatic rings. The first kappa shape index (κ1) is 31.2. The van der Waals surface area contributed by atoms with Crippen LogP contribution in [-0.4, -0.2) is 4.57 Å². The number of benzene rings is 9. The van der Waals surface area contributed by atoms with E-state index in [2.05, 4.69) is 216 Å². The summed E-state index contributed by atoms with van der Waals surface area (Å²) in [4.78, 5) is 2.40. The smallest absolute Gasteiger partial charge is 0.138 e. The zero-order valence-electron chi connectivity index (χ0n) is 29.9. The lowest BCUT2D eigenvalue weighted by atomic mass is 9.94. The monoisotopic (exact) mass is 702 g/mol. The number of para-hydroxylation sites is 3. The molecule has 0 amide bonds. The first-order valence-electron chi connectivity index (χ1n) is 18.8. The molecule has 2 aromatic heterocycles. The Labute approximate surface area is 318 Å². The molecule has 0 unspecified atom stereocenters. The maximum atomic E-state index is 6.74. The number of hydrogen-bond donors (Lipinski definition) is 0. The van der Waals surface area contributed by atoms with E-state index < -0.39 is 0 Å². The Kier molecular flexibility index (Phi) is 7.17. The summed E-state index contributed by atoms with van der Waals surface area (Å²) in [5.74, 6) is 0. The van der Waals surface area contributed by atoms with E-state index >= 15 is 0 Å². The van der Waals surface area contributed by atoms with Crippen molar-refractivity contribution < 1.29 is 4.42 Å². The van der Waals surface area contributed by atoms with Crippen LogP contribution in [0.1, 0.15) is 0 Å². The third-order valence-electron chi connectivity index (χ3n) is 11.0. The van der Waals surface area contributed by atoms with Gasteiger partial charge in [0.15, 0.2) is 0 Å². The molecule has 0 spiro atoms. The normalized spacial score (nSPS) is 11.6. The summed E-state index contributed by atoms with van der Waals surface area (Å²) in [6.07, 6.45) is 0. The van der Waals surface area contributed by atoms with E-state index in [0.717, 1.165) is 61.3 Å². The van der Waals surface area contributed by atoms with Crippen molar-refractivity contribution in [2.75, 3.05) is 4.90 Å². The second-order valence-electron chi connectivity index (χ2n) is 14.1. The molecule has 0 N–H and O–H groups in total. The molecule has 0 fully saturated rings. The minimum atomic E-state index is 0.870. The van der Waals surface area contributed by atoms with Crippen molar-refractivity contribution in [3.05, 3.63) is 206 Å². The summed E-state index contributed by atoms with van der Waals surface area (Å²) in [5, 5.41) is 6.99. The molecular formula is C52H34N2O. The Balaban J connectivity index is 1.31. The maximum absolute atomic E-state index is 6.74. The SMILES string of the molecule is c1ccc(-c2ccc(N(c3ccccc3)c3cccc4c5c(-c6ccccc6)c6c(cc5n(-c5cccc7ccccc57)c34)oc3ccccc36)cc2)cc1. The second-order valence-corrected chi connectivity index (χ2v) is 14.1. The highest BCUT2D eigenvalue weighted by molar-refractivity contribution is 6.28. The fourth-order valence-corrected chi connectivity index (χ4v) is 8.58. The largest absolute Gasteiger partial charge is 0.456 e. The molecule has 3 heteroatoms. The van der Waals surface area contributed by atoms with Crippen molar-refractivity contribution in [3.8, 4) is 27.9 Å². The standard InChI is InChI=1S/C52H34N2O/c1-4-16-35(17-5-1)36-30-32-40(33-31-36)53(39-22-8-3-9-23-39)45-28-15-26-43-50-46(54(52(43)45)44-27-14-21-37-18-10-11-24-41(37)44)34-48-51(42-25-12-13-29-47(42)55-48)49(50)38-19-6-2-7-20-38/h1-34H. The topological polar surface area (TPSA) is 21.3 Å². The van der Waals surface area contributed by atoms with Crippen LogP contribution >= 0.6 is 0 Å². The van der Waals surface area contributed by atoms with Crippen LogP contribution in [0.3, 0.4) is 0 Å². The number of fused-ring (bicyclic) bond motifs is 7. The van der Waals surface area contributed by atoms with Gasteiger partial charge in [-0.05, 0) is 64.5 Å². The number of aromatic nitrogens is 1. The van der Waals surface area contributed by atoms with Crippen molar-refractivity contribution in [1.82, 2.24) is 4.57 Å². The molecule has 2 heterocycles. The van der Waals surface area contributed by atoms with E-state index in [-0.39, 0.29) is 0 Å². The predicted octanol–water partition coefficient (Wildman–Crippen LogP) is 14.6. The van der Waals surface area contributed by atoms with Crippen LogP contribution < -0.4 is 4.90 Å². The molecule has 0 aliphatic rings. The Morgan fingerprint density at radius 2 is 0.982 bits per heavy atom. The van der Waals surface area contributed by atoms with E-state index in [4.69, 9.17) is 4.42 Å². The highest BCUT2D eigenvalue weighted by atomic mass is 16.3. The minimum Gasteiger partial charge on any atom is -0.456 e. The van der Waals surface area contributed by atoms with E-state index in [9.17, 15) is 0 Å². The van der Waals surface area contributed by atoms with Gasteiger partial charge in [0.2, 0.25) is 0 Å². The lowest BCUT2D eigenvalue weighted by molar-refractivity contribution is 0.669. The van der Waals surface area contributed by atoms with Crippen LogP contribution in [0.25, 0.3) is 82.5 Å². The molecule has 11 rings (SSSR count). The number of rotatable bonds is 6. The highest BCUT2D eigenvalue weighted by Gasteiger charge is 2.26. The lowest BCUT2D eigenvalue weighted by Crippen LogP contribution is -2.11. The van der Waals surface area contributed by atoms with Crippen LogP contribution in [0.4, 0.5) is 17.1 Å². The quantitative estimate of drug-likeness (QED) is 0.172. The summed E-state index contributed by atoms with van der Waals surface area (Å²) < 4.78 is 9.22. The molecule has 9 aromatic carbocycles. The third kappa shape index (κ3) is 4.98. The molecule has 0 atom stereocenters. The first-order valence-corrected chi connectivity index (χ1v) is 18.8. The van der Waals surface area contributed by atoms with Gasteiger partial charge in [-0.3, -0.25) is 0 Å². The first-order chi connectivity index (χ1) is 27.3. The van der Waals surface area contributed by atoms with Gasteiger partial charge in [-0.25, -0.2) is 0 Å². The van der Waals surface area contributed by atoms with Gasteiger partial charge in [0.05, 0.1) is 22.4 Å². The number of anilines is 3. The summed E-state index contributed by atoms with van der Waals surface area (Å²) in [7, 11) is 0. The summed E-state index contributed by atoms with van der Waals surface area (Å²) in [6, 6.07) is 73.8. The highest BCUT2D eigenvalue weighted by Crippen LogP contribution is 2.50. The average molecular weight is 703 g/mol. The molecule has 0 aliphatic carbocycles. The zero-order valence-corrected chi connectivity index (χ0v) is 29.9. The lowest BCUT2D eigenvalue weighted by Gasteiger charge is -2.27. The second kappa shape index (κ2) is 12.6. The van der Waals surface area contributed by atoms with Gasteiger partial charge in [-0.2, -0.15) is 0 Å². The minimum absolute atomic E-state index is 0.870. The number of furan rings is 1. The van der Waals surface area contributed by atoms with Gasteiger partial charge >= 0.3 is 0 Å². The molecule has 0 aliphatic heterocycles. The van der Waals surface area contributed by atoms with Crippen molar-refractivity contribution in [2.45, 2.75) is 0 Å². The van der Waals surface area contributed by atoms with Gasteiger partial charge in [0.1, 0.15) is 11.2 Å².